The van der Waals surface area contributed by atoms with Crippen LogP contribution in [0.4, 0.5) is 11.4 Å². The number of carbonyl (C=O) groups excluding carboxylic acids is 1. The van der Waals surface area contributed by atoms with Gasteiger partial charge in [0, 0.05) is 17.3 Å². The third-order valence-electron chi connectivity index (χ3n) is 5.32. The lowest BCUT2D eigenvalue weighted by Crippen LogP contribution is -2.16. The van der Waals surface area contributed by atoms with E-state index in [9.17, 15) is 14.9 Å². The fourth-order valence-corrected chi connectivity index (χ4v) is 4.24. The van der Waals surface area contributed by atoms with Gasteiger partial charge in [-0.05, 0) is 55.8 Å². The maximum atomic E-state index is 12.7. The van der Waals surface area contributed by atoms with Crippen molar-refractivity contribution in [2.24, 2.45) is 0 Å². The minimum atomic E-state index is -0.509. The first kappa shape index (κ1) is 24.0. The number of hydrogen-bond donors (Lipinski definition) is 1. The van der Waals surface area contributed by atoms with E-state index < -0.39 is 4.92 Å². The molecule has 0 bridgehead atoms. The Kier molecular flexibility index (Phi) is 7.11. The molecule has 178 valence electrons. The number of para-hydroxylation sites is 1. The number of nitrogens with one attached hydrogen (secondary N) is 1. The second-order valence-corrected chi connectivity index (χ2v) is 8.71. The molecule has 4 rings (SSSR count). The molecule has 1 heterocycles. The fourth-order valence-electron chi connectivity index (χ4n) is 3.49. The van der Waals surface area contributed by atoms with E-state index in [1.54, 1.807) is 26.2 Å². The zero-order valence-corrected chi connectivity index (χ0v) is 20.2. The van der Waals surface area contributed by atoms with Crippen molar-refractivity contribution in [1.29, 1.82) is 0 Å². The van der Waals surface area contributed by atoms with Gasteiger partial charge < -0.3 is 10.1 Å². The Morgan fingerprint density at radius 2 is 1.77 bits per heavy atom. The number of nitro benzene ring substituents is 1. The van der Waals surface area contributed by atoms with Crippen LogP contribution in [0.5, 0.6) is 5.75 Å². The summed E-state index contributed by atoms with van der Waals surface area (Å²) in [5.41, 5.74) is 3.47. The van der Waals surface area contributed by atoms with Crippen LogP contribution in [0.15, 0.2) is 71.9 Å². The van der Waals surface area contributed by atoms with Crippen LogP contribution in [0.1, 0.15) is 11.1 Å². The van der Waals surface area contributed by atoms with Gasteiger partial charge in [0.15, 0.2) is 11.0 Å². The number of methoxy groups -OCH3 is 1. The third kappa shape index (κ3) is 5.33. The molecule has 1 amide bonds. The summed E-state index contributed by atoms with van der Waals surface area (Å²) in [5.74, 6) is 0.968. The molecule has 0 aliphatic heterocycles. The van der Waals surface area contributed by atoms with Gasteiger partial charge in [-0.1, -0.05) is 41.6 Å². The lowest BCUT2D eigenvalue weighted by molar-refractivity contribution is -0.384. The van der Waals surface area contributed by atoms with Crippen molar-refractivity contribution in [2.45, 2.75) is 19.0 Å². The summed E-state index contributed by atoms with van der Waals surface area (Å²) in [6, 6.07) is 20.1. The molecule has 35 heavy (non-hydrogen) atoms. The Labute approximate surface area is 206 Å². The predicted molar refractivity (Wildman–Crippen MR) is 135 cm³/mol. The van der Waals surface area contributed by atoms with Gasteiger partial charge >= 0.3 is 0 Å². The maximum Gasteiger partial charge on any atom is 0.293 e. The minimum absolute atomic E-state index is 0.00189. The Morgan fingerprint density at radius 3 is 2.43 bits per heavy atom. The first-order valence-corrected chi connectivity index (χ1v) is 11.7. The molecule has 0 unspecified atom stereocenters. The summed E-state index contributed by atoms with van der Waals surface area (Å²) in [6.07, 6.45) is 0. The smallest absolute Gasteiger partial charge is 0.293 e. The standard InChI is InChI=1S/C25H23N5O4S/c1-16-7-11-19(12-8-16)29-24(18-9-13-20(34-3)14-10-18)27-28-25(29)35-15-22(31)26-23-17(2)5-4-6-21(23)30(32)33/h4-14H,15H2,1-3H3,(H,26,31). The molecule has 0 saturated heterocycles. The number of amides is 1. The number of carbonyl (C=O) groups is 1. The van der Waals surface area contributed by atoms with Gasteiger partial charge in [-0.25, -0.2) is 0 Å². The number of rotatable bonds is 8. The zero-order chi connectivity index (χ0) is 24.9. The van der Waals surface area contributed by atoms with Gasteiger partial charge in [-0.15, -0.1) is 10.2 Å². The Hall–Kier alpha value is -4.18. The molecule has 0 aliphatic rings. The molecule has 0 atom stereocenters. The third-order valence-corrected chi connectivity index (χ3v) is 6.25. The quantitative estimate of drug-likeness (QED) is 0.206. The predicted octanol–water partition coefficient (Wildman–Crippen LogP) is 5.20. The Morgan fingerprint density at radius 1 is 1.06 bits per heavy atom. The lowest BCUT2D eigenvalue weighted by Gasteiger charge is -2.12. The number of aromatic nitrogens is 3. The Balaban J connectivity index is 1.61. The fraction of sp³-hybridized carbons (Fsp3) is 0.160. The SMILES string of the molecule is COc1ccc(-c2nnc(SCC(=O)Nc3c(C)cccc3[N+](=O)[O-])n2-c2ccc(C)cc2)cc1. The number of ether oxygens (including phenoxy) is 1. The van der Waals surface area contributed by atoms with Gasteiger partial charge in [0.1, 0.15) is 11.4 Å². The first-order chi connectivity index (χ1) is 16.9. The van der Waals surface area contributed by atoms with E-state index >= 15 is 0 Å². The number of nitro groups is 1. The van der Waals surface area contributed by atoms with Gasteiger partial charge in [-0.2, -0.15) is 0 Å². The summed E-state index contributed by atoms with van der Waals surface area (Å²) < 4.78 is 7.13. The van der Waals surface area contributed by atoms with Crippen molar-refractivity contribution in [3.05, 3.63) is 88.0 Å². The van der Waals surface area contributed by atoms with Crippen molar-refractivity contribution in [3.8, 4) is 22.8 Å². The highest BCUT2D eigenvalue weighted by Crippen LogP contribution is 2.31. The molecule has 1 aromatic heterocycles. The molecule has 3 aromatic carbocycles. The van der Waals surface area contributed by atoms with E-state index in [0.29, 0.717) is 16.5 Å². The molecule has 0 fully saturated rings. The largest absolute Gasteiger partial charge is 0.497 e. The topological polar surface area (TPSA) is 112 Å². The molecule has 10 heteroatoms. The van der Waals surface area contributed by atoms with Crippen LogP contribution in [0.2, 0.25) is 0 Å². The Bertz CT molecular complexity index is 1370. The number of aryl methyl sites for hydroxylation is 2. The van der Waals surface area contributed by atoms with Crippen molar-refractivity contribution in [1.82, 2.24) is 14.8 Å². The van der Waals surface area contributed by atoms with Gasteiger partial charge in [-0.3, -0.25) is 19.5 Å². The maximum absolute atomic E-state index is 12.7. The molecule has 1 N–H and O–H groups in total. The second kappa shape index (κ2) is 10.4. The summed E-state index contributed by atoms with van der Waals surface area (Å²) >= 11 is 1.20. The van der Waals surface area contributed by atoms with Gasteiger partial charge in [0.05, 0.1) is 17.8 Å². The number of thioether (sulfide) groups is 1. The molecule has 0 spiro atoms. The normalized spacial score (nSPS) is 10.7. The van der Waals surface area contributed by atoms with Crippen LogP contribution < -0.4 is 10.1 Å². The zero-order valence-electron chi connectivity index (χ0n) is 19.4. The highest BCUT2D eigenvalue weighted by molar-refractivity contribution is 7.99. The van der Waals surface area contributed by atoms with E-state index in [1.165, 1.54) is 17.8 Å². The number of nitrogens with zero attached hydrogens (tertiary/aromatic N) is 4. The molecule has 9 nitrogen and oxygen atoms in total. The van der Waals surface area contributed by atoms with Crippen molar-refractivity contribution < 1.29 is 14.5 Å². The highest BCUT2D eigenvalue weighted by atomic mass is 32.2. The van der Waals surface area contributed by atoms with Crippen molar-refractivity contribution in [2.75, 3.05) is 18.2 Å². The van der Waals surface area contributed by atoms with Crippen LogP contribution in [0.25, 0.3) is 17.1 Å². The summed E-state index contributed by atoms with van der Waals surface area (Å²) in [4.78, 5) is 23.6. The van der Waals surface area contributed by atoms with Crippen LogP contribution in [-0.4, -0.2) is 38.5 Å². The number of benzene rings is 3. The van der Waals surface area contributed by atoms with E-state index in [0.717, 1.165) is 22.6 Å². The van der Waals surface area contributed by atoms with E-state index in [-0.39, 0.29) is 23.0 Å². The minimum Gasteiger partial charge on any atom is -0.497 e. The van der Waals surface area contributed by atoms with Crippen molar-refractivity contribution >= 4 is 29.0 Å². The molecule has 4 aromatic rings. The van der Waals surface area contributed by atoms with Gasteiger partial charge in [0.25, 0.3) is 5.69 Å². The summed E-state index contributed by atoms with van der Waals surface area (Å²) in [6.45, 7) is 3.72. The van der Waals surface area contributed by atoms with Crippen LogP contribution in [0.3, 0.4) is 0 Å². The summed E-state index contributed by atoms with van der Waals surface area (Å²) in [7, 11) is 1.61. The lowest BCUT2D eigenvalue weighted by atomic mass is 10.1. The number of hydrogen-bond acceptors (Lipinski definition) is 7. The molecular formula is C25H23N5O4S. The monoisotopic (exact) mass is 489 g/mol. The van der Waals surface area contributed by atoms with E-state index in [1.807, 2.05) is 60.0 Å². The molecule has 0 aliphatic carbocycles. The van der Waals surface area contributed by atoms with Crippen LogP contribution in [-0.2, 0) is 4.79 Å². The van der Waals surface area contributed by atoms with E-state index in [4.69, 9.17) is 4.74 Å². The average molecular weight is 490 g/mol. The average Bonchev–Trinajstić information content (AvgIpc) is 3.28. The molecule has 0 radical (unpaired) electrons. The van der Waals surface area contributed by atoms with Crippen LogP contribution >= 0.6 is 11.8 Å². The molecular weight excluding hydrogens is 466 g/mol. The first-order valence-electron chi connectivity index (χ1n) is 10.7. The van der Waals surface area contributed by atoms with Gasteiger partial charge in [0.2, 0.25) is 5.91 Å². The summed E-state index contributed by atoms with van der Waals surface area (Å²) in [5, 5.41) is 23.3. The van der Waals surface area contributed by atoms with Crippen LogP contribution in [0, 0.1) is 24.0 Å². The van der Waals surface area contributed by atoms with E-state index in [2.05, 4.69) is 15.5 Å². The number of anilines is 1. The van der Waals surface area contributed by atoms with Crippen molar-refractivity contribution in [3.63, 3.8) is 0 Å². The highest BCUT2D eigenvalue weighted by Gasteiger charge is 2.20. The second-order valence-electron chi connectivity index (χ2n) is 7.77. The molecule has 0 saturated carbocycles.